The second-order valence-corrected chi connectivity index (χ2v) is 17.2. The Morgan fingerprint density at radius 1 is 0.482 bits per heavy atom. The van der Waals surface area contributed by atoms with Crippen LogP contribution >= 0.6 is 0 Å². The van der Waals surface area contributed by atoms with E-state index in [1.54, 1.807) is 0 Å². The largest absolute Gasteiger partial charge is 0.308 e. The lowest BCUT2D eigenvalue weighted by Gasteiger charge is -2.28. The average Bonchev–Trinajstić information content (AvgIpc) is 3.90. The minimum absolute atomic E-state index is 0.0387. The highest BCUT2D eigenvalue weighted by Crippen LogP contribution is 2.53. The fourth-order valence-electron chi connectivity index (χ4n) is 10.9. The van der Waals surface area contributed by atoms with Crippen molar-refractivity contribution in [3.8, 4) is 33.4 Å². The molecule has 0 saturated carbocycles. The average molecular weight is 719 g/mol. The van der Waals surface area contributed by atoms with E-state index in [0.29, 0.717) is 0 Å². The lowest BCUT2D eigenvalue weighted by Crippen LogP contribution is -2.15. The summed E-state index contributed by atoms with van der Waals surface area (Å²) in [4.78, 5) is 2.51. The Morgan fingerprint density at radius 2 is 1.09 bits per heavy atom. The minimum Gasteiger partial charge on any atom is -0.308 e. The highest BCUT2D eigenvalue weighted by atomic mass is 15.2. The van der Waals surface area contributed by atoms with Gasteiger partial charge in [0.2, 0.25) is 0 Å². The molecular weight excluding hydrogens is 677 g/mol. The number of para-hydroxylation sites is 2. The number of benzene rings is 7. The third-order valence-corrected chi connectivity index (χ3v) is 13.6. The van der Waals surface area contributed by atoms with Crippen molar-refractivity contribution in [3.05, 3.63) is 185 Å². The zero-order valence-corrected chi connectivity index (χ0v) is 32.3. The number of anilines is 3. The molecule has 0 aliphatic heterocycles. The Kier molecular flexibility index (Phi) is 6.33. The van der Waals surface area contributed by atoms with Crippen molar-refractivity contribution >= 4 is 50.3 Å². The van der Waals surface area contributed by atoms with Gasteiger partial charge in [0.05, 0.1) is 16.7 Å². The van der Waals surface area contributed by atoms with Crippen LogP contribution in [0.4, 0.5) is 17.1 Å². The van der Waals surface area contributed by atoms with E-state index in [1.807, 2.05) is 0 Å². The van der Waals surface area contributed by atoms with Crippen LogP contribution in [-0.4, -0.2) is 4.40 Å². The first-order valence-corrected chi connectivity index (χ1v) is 20.2. The molecule has 0 saturated heterocycles. The number of aromatic nitrogens is 1. The van der Waals surface area contributed by atoms with Crippen LogP contribution in [0.1, 0.15) is 67.6 Å². The van der Waals surface area contributed by atoms with Crippen LogP contribution in [0.5, 0.6) is 0 Å². The van der Waals surface area contributed by atoms with Gasteiger partial charge in [-0.25, -0.2) is 0 Å². The van der Waals surface area contributed by atoms with E-state index in [-0.39, 0.29) is 10.8 Å². The lowest BCUT2D eigenvalue weighted by molar-refractivity contribution is 0.660. The van der Waals surface area contributed by atoms with Crippen LogP contribution in [0.2, 0.25) is 0 Å². The maximum atomic E-state index is 2.57. The van der Waals surface area contributed by atoms with Crippen LogP contribution in [0.25, 0.3) is 66.6 Å². The monoisotopic (exact) mass is 718 g/mol. The summed E-state index contributed by atoms with van der Waals surface area (Å²) in [5.41, 5.74) is 22.3. The van der Waals surface area contributed by atoms with E-state index in [0.717, 1.165) is 18.5 Å². The second-order valence-electron chi connectivity index (χ2n) is 17.2. The zero-order chi connectivity index (χ0) is 37.5. The molecule has 0 N–H and O–H groups in total. The number of rotatable bonds is 4. The van der Waals surface area contributed by atoms with E-state index in [4.69, 9.17) is 0 Å². The Bertz CT molecular complexity index is 3130. The van der Waals surface area contributed by atoms with E-state index in [1.165, 1.54) is 105 Å². The van der Waals surface area contributed by atoms with Crippen molar-refractivity contribution in [2.45, 2.75) is 51.4 Å². The van der Waals surface area contributed by atoms with Crippen molar-refractivity contribution in [2.24, 2.45) is 0 Å². The van der Waals surface area contributed by atoms with Gasteiger partial charge in [-0.3, -0.25) is 0 Å². The molecule has 2 heteroatoms. The molecule has 2 aromatic heterocycles. The number of fused-ring (bicyclic) bond motifs is 12. The first kappa shape index (κ1) is 31.9. The SMILES string of the molecule is CC1(C)c2ccccc2-c2cc(N(c3ccc(-c4ccc5c(c4)C(C)(C)c4ccccc4-5)cc3)c3cccc4c5cccc6c7c(n(c34)c65)C=CCC7)ccc21. The molecule has 0 fully saturated rings. The molecule has 268 valence electrons. The van der Waals surface area contributed by atoms with E-state index in [9.17, 15) is 0 Å². The van der Waals surface area contributed by atoms with Crippen LogP contribution in [0, 0.1) is 0 Å². The van der Waals surface area contributed by atoms with Gasteiger partial charge in [0.25, 0.3) is 0 Å². The Balaban J connectivity index is 1.07. The summed E-state index contributed by atoms with van der Waals surface area (Å²) in [5.74, 6) is 0. The predicted octanol–water partition coefficient (Wildman–Crippen LogP) is 14.4. The van der Waals surface area contributed by atoms with Crippen molar-refractivity contribution in [1.29, 1.82) is 0 Å². The summed E-state index contributed by atoms with van der Waals surface area (Å²) >= 11 is 0. The summed E-state index contributed by atoms with van der Waals surface area (Å²) in [7, 11) is 0. The van der Waals surface area contributed by atoms with Crippen LogP contribution in [0.15, 0.2) is 152 Å². The van der Waals surface area contributed by atoms with Gasteiger partial charge in [0.1, 0.15) is 0 Å². The van der Waals surface area contributed by atoms with Gasteiger partial charge in [-0.1, -0.05) is 143 Å². The van der Waals surface area contributed by atoms with Crippen molar-refractivity contribution < 1.29 is 0 Å². The molecule has 0 radical (unpaired) electrons. The summed E-state index contributed by atoms with van der Waals surface area (Å²) in [6.45, 7) is 9.45. The molecular formula is C54H42N2. The van der Waals surface area contributed by atoms with Crippen LogP contribution in [-0.2, 0) is 17.3 Å². The number of nitrogens with zero attached hydrogens (tertiary/aromatic N) is 2. The predicted molar refractivity (Wildman–Crippen MR) is 236 cm³/mol. The number of allylic oxidation sites excluding steroid dienone is 1. The Morgan fingerprint density at radius 3 is 1.88 bits per heavy atom. The van der Waals surface area contributed by atoms with E-state index >= 15 is 0 Å². The fourth-order valence-corrected chi connectivity index (χ4v) is 10.9. The first-order chi connectivity index (χ1) is 27.3. The molecule has 0 amide bonds. The molecule has 0 atom stereocenters. The molecule has 2 heterocycles. The molecule has 0 spiro atoms. The zero-order valence-electron chi connectivity index (χ0n) is 32.3. The third kappa shape index (κ3) is 4.11. The molecule has 2 nitrogen and oxygen atoms in total. The summed E-state index contributed by atoms with van der Waals surface area (Å²) < 4.78 is 2.57. The van der Waals surface area contributed by atoms with Crippen molar-refractivity contribution in [1.82, 2.24) is 4.40 Å². The van der Waals surface area contributed by atoms with Crippen molar-refractivity contribution in [2.75, 3.05) is 4.90 Å². The Labute approximate surface area is 328 Å². The smallest absolute Gasteiger partial charge is 0.0782 e. The quantitative estimate of drug-likeness (QED) is 0.176. The maximum absolute atomic E-state index is 2.57. The first-order valence-electron chi connectivity index (χ1n) is 20.2. The summed E-state index contributed by atoms with van der Waals surface area (Å²) in [6.07, 6.45) is 6.87. The van der Waals surface area contributed by atoms with Gasteiger partial charge < -0.3 is 9.30 Å². The molecule has 9 aromatic rings. The number of hydrogen-bond donors (Lipinski definition) is 0. The molecule has 56 heavy (non-hydrogen) atoms. The van der Waals surface area contributed by atoms with Crippen LogP contribution < -0.4 is 4.90 Å². The fraction of sp³-hybridized carbons (Fsp3) is 0.148. The maximum Gasteiger partial charge on any atom is 0.0782 e. The van der Waals surface area contributed by atoms with Gasteiger partial charge in [-0.2, -0.15) is 0 Å². The highest BCUT2D eigenvalue weighted by molar-refractivity contribution is 6.19. The molecule has 3 aliphatic carbocycles. The van der Waals surface area contributed by atoms with Gasteiger partial charge in [0.15, 0.2) is 0 Å². The van der Waals surface area contributed by atoms with Crippen molar-refractivity contribution in [3.63, 3.8) is 0 Å². The van der Waals surface area contributed by atoms with Crippen LogP contribution in [0.3, 0.4) is 0 Å². The number of hydrogen-bond acceptors (Lipinski definition) is 1. The molecule has 0 bridgehead atoms. The van der Waals surface area contributed by atoms with E-state index < -0.39 is 0 Å². The van der Waals surface area contributed by atoms with Gasteiger partial charge in [-0.15, -0.1) is 0 Å². The normalized spacial score (nSPS) is 15.6. The molecule has 3 aliphatic rings. The number of aryl methyl sites for hydroxylation is 1. The third-order valence-electron chi connectivity index (χ3n) is 13.6. The molecule has 0 unspecified atom stereocenters. The lowest BCUT2D eigenvalue weighted by atomic mass is 9.81. The van der Waals surface area contributed by atoms with Gasteiger partial charge >= 0.3 is 0 Å². The van der Waals surface area contributed by atoms with E-state index in [2.05, 4.69) is 195 Å². The summed E-state index contributed by atoms with van der Waals surface area (Å²) in [5, 5.41) is 4.00. The van der Waals surface area contributed by atoms with Gasteiger partial charge in [-0.05, 0) is 117 Å². The highest BCUT2D eigenvalue weighted by Gasteiger charge is 2.37. The topological polar surface area (TPSA) is 7.65 Å². The summed E-state index contributed by atoms with van der Waals surface area (Å²) in [6, 6.07) is 55.2. The Hall–Kier alpha value is -6.38. The van der Waals surface area contributed by atoms with Gasteiger partial charge in [0, 0.05) is 44.1 Å². The minimum atomic E-state index is -0.0550. The second kappa shape index (κ2) is 11.1. The molecule has 7 aromatic carbocycles. The standard InChI is InChI=1S/C54H42N2/c1-53(2)46-20-9-6-14-38(46)44-32-36(28-30-47(44)53)55(50-22-12-18-43-42-17-11-16-41-40-15-7-10-21-49(40)56(51(41)42)52(43)50)35-26-23-33(24-27-35)34-25-29-39-37-13-5-8-19-45(37)54(3,4)48(39)31-34/h5-6,8-14,16-32H,7,15H2,1-4H3. The molecule has 12 rings (SSSR count).